The Morgan fingerprint density at radius 2 is 1.67 bits per heavy atom. The van der Waals surface area contributed by atoms with Crippen LogP contribution < -0.4 is 10.6 Å². The fraction of sp³-hybridized carbons (Fsp3) is 0.464. The molecule has 0 radical (unpaired) electrons. The van der Waals surface area contributed by atoms with Crippen molar-refractivity contribution in [1.82, 2.24) is 10.2 Å². The molecule has 0 saturated heterocycles. The summed E-state index contributed by atoms with van der Waals surface area (Å²) in [5.41, 5.74) is 2.25. The molecule has 1 fully saturated rings. The first-order valence-electron chi connectivity index (χ1n) is 12.3. The maximum absolute atomic E-state index is 13.8. The zero-order valence-electron chi connectivity index (χ0n) is 22.1. The fourth-order valence-electron chi connectivity index (χ4n) is 4.28. The number of rotatable bonds is 7. The first-order chi connectivity index (χ1) is 16.8. The summed E-state index contributed by atoms with van der Waals surface area (Å²) in [7, 11) is 0. The number of para-hydroxylation sites is 1. The topological polar surface area (TPSA) is 108 Å². The Kier molecular flexibility index (Phi) is 7.96. The van der Waals surface area contributed by atoms with Crippen LogP contribution in [0.4, 0.5) is 10.5 Å². The lowest BCUT2D eigenvalue weighted by Gasteiger charge is -2.34. The van der Waals surface area contributed by atoms with E-state index in [0.717, 1.165) is 17.5 Å². The molecule has 3 amide bonds. The highest BCUT2D eigenvalue weighted by Crippen LogP contribution is 2.41. The summed E-state index contributed by atoms with van der Waals surface area (Å²) in [5, 5.41) is 15.8. The summed E-state index contributed by atoms with van der Waals surface area (Å²) in [6, 6.07) is 9.97. The first kappa shape index (κ1) is 27.0. The number of carbonyl (C=O) groups excluding carboxylic acids is 3. The van der Waals surface area contributed by atoms with Gasteiger partial charge in [0.1, 0.15) is 23.4 Å². The van der Waals surface area contributed by atoms with Crippen molar-refractivity contribution in [2.45, 2.75) is 78.6 Å². The van der Waals surface area contributed by atoms with Gasteiger partial charge in [-0.15, -0.1) is 0 Å². The molecular weight excluding hydrogens is 458 g/mol. The molecule has 0 spiro atoms. The first-order valence-corrected chi connectivity index (χ1v) is 12.3. The molecule has 8 heteroatoms. The van der Waals surface area contributed by atoms with Crippen LogP contribution >= 0.6 is 0 Å². The lowest BCUT2D eigenvalue weighted by Crippen LogP contribution is -2.52. The van der Waals surface area contributed by atoms with Gasteiger partial charge in [-0.05, 0) is 82.7 Å². The normalized spacial score (nSPS) is 18.5. The zero-order valence-corrected chi connectivity index (χ0v) is 22.1. The molecule has 1 aliphatic carbocycles. The van der Waals surface area contributed by atoms with Crippen LogP contribution in [0, 0.1) is 19.8 Å². The molecule has 194 valence electrons. The van der Waals surface area contributed by atoms with Crippen molar-refractivity contribution in [3.63, 3.8) is 0 Å². The van der Waals surface area contributed by atoms with Gasteiger partial charge in [-0.25, -0.2) is 4.79 Å². The molecule has 1 aliphatic rings. The third-order valence-corrected chi connectivity index (χ3v) is 6.22. The number of hydrogen-bond acceptors (Lipinski definition) is 5. The second-order valence-electron chi connectivity index (χ2n) is 10.6. The van der Waals surface area contributed by atoms with E-state index in [1.54, 1.807) is 44.7 Å². The molecule has 1 saturated carbocycles. The molecule has 4 atom stereocenters. The van der Waals surface area contributed by atoms with E-state index in [2.05, 4.69) is 10.6 Å². The minimum atomic E-state index is -1.01. The van der Waals surface area contributed by atoms with Crippen LogP contribution in [0.25, 0.3) is 0 Å². The third kappa shape index (κ3) is 6.56. The van der Waals surface area contributed by atoms with Gasteiger partial charge in [0.25, 0.3) is 5.91 Å². The number of nitrogens with one attached hydrogen (secondary N) is 2. The zero-order chi connectivity index (χ0) is 26.8. The molecule has 0 heterocycles. The van der Waals surface area contributed by atoms with Crippen molar-refractivity contribution in [2.24, 2.45) is 5.92 Å². The molecule has 4 unspecified atom stereocenters. The fourth-order valence-corrected chi connectivity index (χ4v) is 4.28. The highest BCUT2D eigenvalue weighted by Gasteiger charge is 2.47. The van der Waals surface area contributed by atoms with Gasteiger partial charge in [0.15, 0.2) is 0 Å². The number of phenolic OH excluding ortho intramolecular Hbond substituents is 1. The van der Waals surface area contributed by atoms with Crippen molar-refractivity contribution < 1.29 is 24.2 Å². The van der Waals surface area contributed by atoms with Crippen LogP contribution in [-0.4, -0.2) is 45.6 Å². The van der Waals surface area contributed by atoms with Crippen molar-refractivity contribution >= 4 is 23.6 Å². The van der Waals surface area contributed by atoms with Crippen LogP contribution in [0.15, 0.2) is 42.5 Å². The van der Waals surface area contributed by atoms with Gasteiger partial charge in [0.2, 0.25) is 5.91 Å². The number of aromatic hydroxyl groups is 1. The molecule has 0 bridgehead atoms. The predicted octanol–water partition coefficient (Wildman–Crippen LogP) is 4.84. The maximum atomic E-state index is 13.8. The summed E-state index contributed by atoms with van der Waals surface area (Å²) in [6.07, 6.45) is 0.0256. The van der Waals surface area contributed by atoms with Gasteiger partial charge in [0, 0.05) is 11.7 Å². The number of ether oxygens (including phenoxy) is 1. The Balaban J connectivity index is 1.98. The van der Waals surface area contributed by atoms with Crippen LogP contribution in [0.5, 0.6) is 5.75 Å². The van der Waals surface area contributed by atoms with E-state index in [1.807, 2.05) is 39.0 Å². The van der Waals surface area contributed by atoms with E-state index in [4.69, 9.17) is 4.74 Å². The van der Waals surface area contributed by atoms with Gasteiger partial charge >= 0.3 is 6.09 Å². The summed E-state index contributed by atoms with van der Waals surface area (Å²) in [5.74, 6) is -0.612. The molecular formula is C28H37N3O5. The molecule has 0 aliphatic heterocycles. The van der Waals surface area contributed by atoms with Gasteiger partial charge in [0.05, 0.1) is 0 Å². The quantitative estimate of drug-likeness (QED) is 0.509. The van der Waals surface area contributed by atoms with Crippen molar-refractivity contribution in [2.75, 3.05) is 5.32 Å². The number of phenols is 1. The molecule has 2 aromatic rings. The largest absolute Gasteiger partial charge is 0.508 e. The van der Waals surface area contributed by atoms with Crippen LogP contribution in [0.2, 0.25) is 0 Å². The average molecular weight is 496 g/mol. The lowest BCUT2D eigenvalue weighted by molar-refractivity contribution is -0.141. The van der Waals surface area contributed by atoms with Crippen molar-refractivity contribution in [3.05, 3.63) is 59.2 Å². The number of benzene rings is 2. The molecule has 0 aromatic heterocycles. The number of hydrogen-bond donors (Lipinski definition) is 3. The second kappa shape index (κ2) is 10.6. The number of amides is 3. The molecule has 2 aromatic carbocycles. The average Bonchev–Trinajstić information content (AvgIpc) is 3.48. The van der Waals surface area contributed by atoms with Gasteiger partial charge in [-0.3, -0.25) is 9.59 Å². The Labute approximate surface area is 213 Å². The molecule has 36 heavy (non-hydrogen) atoms. The Morgan fingerprint density at radius 3 is 2.19 bits per heavy atom. The summed E-state index contributed by atoms with van der Waals surface area (Å²) >= 11 is 0. The van der Waals surface area contributed by atoms with Crippen LogP contribution in [0.3, 0.4) is 0 Å². The van der Waals surface area contributed by atoms with E-state index < -0.39 is 35.6 Å². The number of nitrogens with zero attached hydrogens (tertiary/aromatic N) is 1. The summed E-state index contributed by atoms with van der Waals surface area (Å²) < 4.78 is 5.32. The number of carbonyl (C=O) groups is 3. The van der Waals surface area contributed by atoms with E-state index in [9.17, 15) is 19.5 Å². The van der Waals surface area contributed by atoms with Gasteiger partial charge < -0.3 is 25.4 Å². The summed E-state index contributed by atoms with van der Waals surface area (Å²) in [4.78, 5) is 41.5. The lowest BCUT2D eigenvalue weighted by atomic mass is 10.0. The minimum absolute atomic E-state index is 0.00598. The highest BCUT2D eigenvalue weighted by atomic mass is 16.6. The highest BCUT2D eigenvalue weighted by molar-refractivity contribution is 6.00. The standard InChI is InChI=1S/C28H37N3O5/c1-16-10-8-11-17(2)23(16)30-25(33)24(20-12-9-13-21(32)15-20)31(22-14-18(22)3)26(34)19(4)29-27(35)36-28(5,6)7/h8-13,15,18-19,22,24,32H,14H2,1-7H3,(H,29,35)(H,30,33). The molecule has 8 nitrogen and oxygen atoms in total. The smallest absolute Gasteiger partial charge is 0.408 e. The van der Waals surface area contributed by atoms with E-state index in [-0.39, 0.29) is 17.7 Å². The minimum Gasteiger partial charge on any atom is -0.508 e. The van der Waals surface area contributed by atoms with Crippen molar-refractivity contribution in [3.8, 4) is 5.75 Å². The maximum Gasteiger partial charge on any atom is 0.408 e. The van der Waals surface area contributed by atoms with E-state index in [0.29, 0.717) is 11.3 Å². The Hall–Kier alpha value is -3.55. The number of anilines is 1. The van der Waals surface area contributed by atoms with Crippen LogP contribution in [0.1, 0.15) is 63.8 Å². The monoisotopic (exact) mass is 495 g/mol. The summed E-state index contributed by atoms with van der Waals surface area (Å²) in [6.45, 7) is 12.6. The molecule has 3 rings (SSSR count). The molecule has 3 N–H and O–H groups in total. The SMILES string of the molecule is Cc1cccc(C)c1NC(=O)C(c1cccc(O)c1)N(C(=O)C(C)NC(=O)OC(C)(C)C)C1CC1C. The Bertz CT molecular complexity index is 1120. The van der Waals surface area contributed by atoms with Crippen LogP contribution in [-0.2, 0) is 14.3 Å². The number of aryl methyl sites for hydroxylation is 2. The van der Waals surface area contributed by atoms with E-state index >= 15 is 0 Å². The second-order valence-corrected chi connectivity index (χ2v) is 10.6. The predicted molar refractivity (Wildman–Crippen MR) is 139 cm³/mol. The van der Waals surface area contributed by atoms with Gasteiger partial charge in [-0.1, -0.05) is 37.3 Å². The van der Waals surface area contributed by atoms with Crippen molar-refractivity contribution in [1.29, 1.82) is 0 Å². The van der Waals surface area contributed by atoms with E-state index in [1.165, 1.54) is 12.1 Å². The van der Waals surface area contributed by atoms with Gasteiger partial charge in [-0.2, -0.15) is 0 Å². The third-order valence-electron chi connectivity index (χ3n) is 6.22. The Morgan fingerprint density at radius 1 is 1.08 bits per heavy atom. The number of alkyl carbamates (subject to hydrolysis) is 1.